The van der Waals surface area contributed by atoms with Crippen molar-refractivity contribution in [1.29, 1.82) is 0 Å². The Balaban J connectivity index is 1.70. The molecule has 0 unspecified atom stereocenters. The summed E-state index contributed by atoms with van der Waals surface area (Å²) in [6, 6.07) is 15.0. The Hall–Kier alpha value is -3.16. The van der Waals surface area contributed by atoms with Gasteiger partial charge in [-0.05, 0) is 61.1 Å². The largest absolute Gasteiger partial charge is 0.475 e. The minimum absolute atomic E-state index is 0.128. The molecule has 0 fully saturated rings. The van der Waals surface area contributed by atoms with Crippen molar-refractivity contribution in [3.05, 3.63) is 76.5 Å². The van der Waals surface area contributed by atoms with Crippen LogP contribution in [0.3, 0.4) is 0 Å². The summed E-state index contributed by atoms with van der Waals surface area (Å²) in [6.45, 7) is 1.84. The number of hydrogen-bond donors (Lipinski definition) is 3. The number of anilines is 1. The summed E-state index contributed by atoms with van der Waals surface area (Å²) < 4.78 is 5.26. The highest BCUT2D eigenvalue weighted by molar-refractivity contribution is 7.80. The average Bonchev–Trinajstić information content (AvgIpc) is 3.12. The van der Waals surface area contributed by atoms with Crippen LogP contribution in [0.5, 0.6) is 0 Å². The maximum absolute atomic E-state index is 12.3. The van der Waals surface area contributed by atoms with Crippen molar-refractivity contribution in [3.8, 4) is 11.3 Å². The number of rotatable bonds is 4. The zero-order valence-corrected chi connectivity index (χ0v) is 16.2. The van der Waals surface area contributed by atoms with Crippen LogP contribution in [-0.2, 0) is 0 Å². The molecule has 0 atom stereocenters. The summed E-state index contributed by atoms with van der Waals surface area (Å²) in [5.41, 5.74) is 2.48. The Morgan fingerprint density at radius 1 is 1.11 bits per heavy atom. The summed E-state index contributed by atoms with van der Waals surface area (Å²) in [5, 5.41) is 14.9. The Bertz CT molecular complexity index is 1080. The van der Waals surface area contributed by atoms with Crippen molar-refractivity contribution < 1.29 is 19.1 Å². The Kier molecular flexibility index (Phi) is 5.77. The minimum Gasteiger partial charge on any atom is -0.475 e. The molecule has 0 radical (unpaired) electrons. The van der Waals surface area contributed by atoms with Gasteiger partial charge in [-0.1, -0.05) is 29.8 Å². The number of benzene rings is 2. The molecule has 2 aromatic carbocycles. The number of nitrogens with one attached hydrogen (secondary N) is 2. The number of thiocarbonyl (C=S) groups is 1. The molecule has 1 amide bonds. The highest BCUT2D eigenvalue weighted by atomic mass is 35.5. The van der Waals surface area contributed by atoms with Crippen LogP contribution in [0.4, 0.5) is 5.69 Å². The van der Waals surface area contributed by atoms with Gasteiger partial charge < -0.3 is 14.8 Å². The molecule has 0 aliphatic rings. The monoisotopic (exact) mass is 414 g/mol. The quantitative estimate of drug-likeness (QED) is 0.534. The van der Waals surface area contributed by atoms with Gasteiger partial charge in [0, 0.05) is 16.8 Å². The second-order valence-electron chi connectivity index (χ2n) is 5.89. The predicted molar refractivity (Wildman–Crippen MR) is 111 cm³/mol. The van der Waals surface area contributed by atoms with E-state index in [1.165, 1.54) is 12.1 Å². The standard InChI is InChI=1S/C20H15ClN2O4S/c1-11-4-2-3-5-13(11)18(24)23-20(28)22-12-6-7-14(15(21)10-12)16-8-9-17(27-16)19(25)26/h2-10H,1H3,(H,25,26)(H2,22,23,24,28). The second-order valence-corrected chi connectivity index (χ2v) is 6.70. The first-order valence-corrected chi connectivity index (χ1v) is 8.95. The van der Waals surface area contributed by atoms with Crippen molar-refractivity contribution >= 4 is 46.5 Å². The average molecular weight is 415 g/mol. The van der Waals surface area contributed by atoms with Crippen LogP contribution in [0, 0.1) is 6.92 Å². The molecule has 142 valence electrons. The maximum Gasteiger partial charge on any atom is 0.371 e. The number of carboxylic acid groups (broad SMARTS) is 1. The molecule has 3 aromatic rings. The zero-order valence-electron chi connectivity index (χ0n) is 14.7. The number of carbonyl (C=O) groups excluding carboxylic acids is 1. The van der Waals surface area contributed by atoms with E-state index in [0.717, 1.165) is 5.56 Å². The lowest BCUT2D eigenvalue weighted by molar-refractivity contribution is 0.0663. The third-order valence-electron chi connectivity index (χ3n) is 3.93. The fourth-order valence-corrected chi connectivity index (χ4v) is 3.03. The molecular formula is C20H15ClN2O4S. The number of hydrogen-bond acceptors (Lipinski definition) is 4. The first-order valence-electron chi connectivity index (χ1n) is 8.16. The normalized spacial score (nSPS) is 10.4. The van der Waals surface area contributed by atoms with Gasteiger partial charge in [-0.2, -0.15) is 0 Å². The highest BCUT2D eigenvalue weighted by Gasteiger charge is 2.14. The van der Waals surface area contributed by atoms with Crippen LogP contribution in [0.2, 0.25) is 5.02 Å². The zero-order chi connectivity index (χ0) is 20.3. The maximum atomic E-state index is 12.3. The summed E-state index contributed by atoms with van der Waals surface area (Å²) in [4.78, 5) is 23.2. The molecular weight excluding hydrogens is 400 g/mol. The first kappa shape index (κ1) is 19.6. The molecule has 0 bridgehead atoms. The molecule has 0 spiro atoms. The smallest absolute Gasteiger partial charge is 0.371 e. The van der Waals surface area contributed by atoms with Crippen LogP contribution in [-0.4, -0.2) is 22.1 Å². The van der Waals surface area contributed by atoms with E-state index in [0.29, 0.717) is 27.6 Å². The van der Waals surface area contributed by atoms with E-state index >= 15 is 0 Å². The molecule has 3 N–H and O–H groups in total. The second kappa shape index (κ2) is 8.24. The molecule has 0 aliphatic carbocycles. The molecule has 0 saturated heterocycles. The SMILES string of the molecule is Cc1ccccc1C(=O)NC(=S)Nc1ccc(-c2ccc(C(=O)O)o2)c(Cl)c1. The topological polar surface area (TPSA) is 91.6 Å². The van der Waals surface area contributed by atoms with Crippen LogP contribution < -0.4 is 10.6 Å². The molecule has 0 aliphatic heterocycles. The Labute approximate surface area is 171 Å². The third kappa shape index (κ3) is 4.39. The summed E-state index contributed by atoms with van der Waals surface area (Å²) in [7, 11) is 0. The Morgan fingerprint density at radius 2 is 1.86 bits per heavy atom. The van der Waals surface area contributed by atoms with Crippen LogP contribution in [0.15, 0.2) is 59.0 Å². The molecule has 6 nitrogen and oxygen atoms in total. The number of halogens is 1. The van der Waals surface area contributed by atoms with Crippen molar-refractivity contribution in [2.75, 3.05) is 5.32 Å². The van der Waals surface area contributed by atoms with Gasteiger partial charge in [0.05, 0.1) is 5.02 Å². The lowest BCUT2D eigenvalue weighted by Gasteiger charge is -2.12. The number of carbonyl (C=O) groups is 2. The lowest BCUT2D eigenvalue weighted by Crippen LogP contribution is -2.34. The summed E-state index contributed by atoms with van der Waals surface area (Å²) in [5.74, 6) is -1.30. The molecule has 1 heterocycles. The molecule has 1 aromatic heterocycles. The van der Waals surface area contributed by atoms with Crippen molar-refractivity contribution in [2.45, 2.75) is 6.92 Å². The van der Waals surface area contributed by atoms with Crippen LogP contribution >= 0.6 is 23.8 Å². The van der Waals surface area contributed by atoms with E-state index in [4.69, 9.17) is 33.3 Å². The first-order chi connectivity index (χ1) is 13.3. The number of furan rings is 1. The minimum atomic E-state index is -1.16. The van der Waals surface area contributed by atoms with Gasteiger partial charge in [0.2, 0.25) is 5.76 Å². The lowest BCUT2D eigenvalue weighted by atomic mass is 10.1. The highest BCUT2D eigenvalue weighted by Crippen LogP contribution is 2.31. The van der Waals surface area contributed by atoms with Gasteiger partial charge in [0.1, 0.15) is 5.76 Å². The predicted octanol–water partition coefficient (Wildman–Crippen LogP) is 4.73. The number of aryl methyl sites for hydroxylation is 1. The van der Waals surface area contributed by atoms with Gasteiger partial charge in [0.15, 0.2) is 5.11 Å². The molecule has 3 rings (SSSR count). The van der Waals surface area contributed by atoms with Gasteiger partial charge >= 0.3 is 5.97 Å². The Morgan fingerprint density at radius 3 is 2.50 bits per heavy atom. The van der Waals surface area contributed by atoms with Crippen molar-refractivity contribution in [2.24, 2.45) is 0 Å². The van der Waals surface area contributed by atoms with Gasteiger partial charge in [-0.3, -0.25) is 10.1 Å². The third-order valence-corrected chi connectivity index (χ3v) is 4.44. The molecule has 8 heteroatoms. The van der Waals surface area contributed by atoms with E-state index in [2.05, 4.69) is 10.6 Å². The van der Waals surface area contributed by atoms with Crippen molar-refractivity contribution in [3.63, 3.8) is 0 Å². The number of carboxylic acids is 1. The van der Waals surface area contributed by atoms with E-state index in [1.54, 1.807) is 30.3 Å². The van der Waals surface area contributed by atoms with E-state index in [-0.39, 0.29) is 16.8 Å². The van der Waals surface area contributed by atoms with Crippen LogP contribution in [0.1, 0.15) is 26.5 Å². The van der Waals surface area contributed by atoms with Crippen LogP contribution in [0.25, 0.3) is 11.3 Å². The summed E-state index contributed by atoms with van der Waals surface area (Å²) in [6.07, 6.45) is 0. The van der Waals surface area contributed by atoms with Crippen molar-refractivity contribution in [1.82, 2.24) is 5.32 Å². The molecule has 0 saturated carbocycles. The number of aromatic carboxylic acids is 1. The van der Waals surface area contributed by atoms with E-state index < -0.39 is 5.97 Å². The fraction of sp³-hybridized carbons (Fsp3) is 0.0500. The van der Waals surface area contributed by atoms with Gasteiger partial charge in [-0.15, -0.1) is 0 Å². The molecule has 28 heavy (non-hydrogen) atoms. The fourth-order valence-electron chi connectivity index (χ4n) is 2.55. The van der Waals surface area contributed by atoms with Gasteiger partial charge in [-0.25, -0.2) is 4.79 Å². The summed E-state index contributed by atoms with van der Waals surface area (Å²) >= 11 is 11.5. The van der Waals surface area contributed by atoms with Gasteiger partial charge in [0.25, 0.3) is 5.91 Å². The number of amides is 1. The van der Waals surface area contributed by atoms with E-state index in [9.17, 15) is 9.59 Å². The van der Waals surface area contributed by atoms with E-state index in [1.807, 2.05) is 19.1 Å².